The second-order valence-electron chi connectivity index (χ2n) is 9.53. The van der Waals surface area contributed by atoms with Crippen molar-refractivity contribution in [2.75, 3.05) is 24.3 Å². The average molecular weight is 500 g/mol. The molecule has 3 aromatic rings. The third-order valence-corrected chi connectivity index (χ3v) is 8.36. The van der Waals surface area contributed by atoms with Crippen LogP contribution in [0.5, 0.6) is 11.5 Å². The minimum Gasteiger partial charge on any atom is -0.494 e. The van der Waals surface area contributed by atoms with Crippen LogP contribution in [-0.4, -0.2) is 34.8 Å². The summed E-state index contributed by atoms with van der Waals surface area (Å²) in [6.07, 6.45) is 4.94. The summed E-state index contributed by atoms with van der Waals surface area (Å²) in [5.74, 6) is 2.16. The Morgan fingerprint density at radius 1 is 1.21 bits per heavy atom. The molecule has 0 radical (unpaired) electrons. The molecule has 0 fully saturated rings. The molecule has 0 saturated heterocycles. The molecule has 8 heteroatoms. The molecule has 1 unspecified atom stereocenters. The summed E-state index contributed by atoms with van der Waals surface area (Å²) < 4.78 is 11.3. The lowest BCUT2D eigenvalue weighted by atomic mass is 9.72. The molecule has 6 nitrogen and oxygen atoms in total. The molecular weight excluding hydrogens is 466 g/mol. The van der Waals surface area contributed by atoms with E-state index in [0.717, 1.165) is 28.1 Å². The van der Waals surface area contributed by atoms with Crippen molar-refractivity contribution >= 4 is 44.9 Å². The molecule has 0 spiro atoms. The maximum atomic E-state index is 12.9. The van der Waals surface area contributed by atoms with E-state index in [-0.39, 0.29) is 11.7 Å². The number of anilines is 1. The van der Waals surface area contributed by atoms with Crippen molar-refractivity contribution in [3.05, 3.63) is 35.0 Å². The fraction of sp³-hybridized carbons (Fsp3) is 0.500. The molecular formula is C26H33N3O3S2. The number of nitrogens with zero attached hydrogens (tertiary/aromatic N) is 2. The first-order valence-corrected chi connectivity index (χ1v) is 13.7. The minimum absolute atomic E-state index is 0.108. The average Bonchev–Trinajstić information content (AvgIpc) is 3.17. The lowest BCUT2D eigenvalue weighted by Gasteiger charge is -2.33. The quantitative estimate of drug-likeness (QED) is 0.287. The number of hydrogen-bond acceptors (Lipinski definition) is 7. The normalized spacial score (nSPS) is 15.7. The highest BCUT2D eigenvalue weighted by atomic mass is 32.2. The standard InChI is InChI=1S/C26H33N3O3S2/c1-6-31-17-9-11-20(32-7-2)19(13-17)29-22(30)14-33-24-23-18-10-8-16(26(3,4)5)12-21(18)34-25(23)28-15-27-24/h9,11,13,15-16H,6-8,10,12,14H2,1-5H3,(H,29,30). The maximum absolute atomic E-state index is 12.9. The van der Waals surface area contributed by atoms with Gasteiger partial charge in [-0.1, -0.05) is 32.5 Å². The predicted molar refractivity (Wildman–Crippen MR) is 141 cm³/mol. The maximum Gasteiger partial charge on any atom is 0.234 e. The van der Waals surface area contributed by atoms with Crippen LogP contribution in [-0.2, 0) is 17.6 Å². The number of benzene rings is 1. The van der Waals surface area contributed by atoms with Gasteiger partial charge < -0.3 is 14.8 Å². The number of carbonyl (C=O) groups is 1. The Hall–Kier alpha value is -2.32. The van der Waals surface area contributed by atoms with Crippen LogP contribution in [0.2, 0.25) is 0 Å². The fourth-order valence-electron chi connectivity index (χ4n) is 4.39. The Bertz CT molecular complexity index is 1170. The van der Waals surface area contributed by atoms with Gasteiger partial charge in [0.1, 0.15) is 27.7 Å². The van der Waals surface area contributed by atoms with Crippen LogP contribution in [0.25, 0.3) is 10.2 Å². The van der Waals surface area contributed by atoms with Gasteiger partial charge in [-0.25, -0.2) is 9.97 Å². The predicted octanol–water partition coefficient (Wildman–Crippen LogP) is 6.37. The monoisotopic (exact) mass is 499 g/mol. The van der Waals surface area contributed by atoms with E-state index in [1.165, 1.54) is 28.6 Å². The molecule has 34 heavy (non-hydrogen) atoms. The summed E-state index contributed by atoms with van der Waals surface area (Å²) in [6.45, 7) is 11.9. The first-order chi connectivity index (χ1) is 16.3. The second kappa shape index (κ2) is 10.5. The number of aryl methyl sites for hydroxylation is 1. The van der Waals surface area contributed by atoms with Gasteiger partial charge in [0.25, 0.3) is 0 Å². The number of nitrogens with one attached hydrogen (secondary N) is 1. The van der Waals surface area contributed by atoms with Crippen molar-refractivity contribution in [1.82, 2.24) is 9.97 Å². The van der Waals surface area contributed by atoms with Gasteiger partial charge in [-0.05, 0) is 62.1 Å². The third kappa shape index (κ3) is 5.49. The van der Waals surface area contributed by atoms with E-state index >= 15 is 0 Å². The number of amides is 1. The highest BCUT2D eigenvalue weighted by Gasteiger charge is 2.31. The number of fused-ring (bicyclic) bond motifs is 3. The zero-order valence-electron chi connectivity index (χ0n) is 20.6. The molecule has 182 valence electrons. The summed E-state index contributed by atoms with van der Waals surface area (Å²) in [4.78, 5) is 24.4. The minimum atomic E-state index is -0.108. The first kappa shape index (κ1) is 24.8. The molecule has 4 rings (SSSR count). The van der Waals surface area contributed by atoms with Crippen LogP contribution in [0.15, 0.2) is 29.6 Å². The van der Waals surface area contributed by atoms with Gasteiger partial charge in [0, 0.05) is 16.3 Å². The van der Waals surface area contributed by atoms with Crippen molar-refractivity contribution in [1.29, 1.82) is 0 Å². The number of thioether (sulfide) groups is 1. The summed E-state index contributed by atoms with van der Waals surface area (Å²) in [6, 6.07) is 5.48. The second-order valence-corrected chi connectivity index (χ2v) is 11.6. The van der Waals surface area contributed by atoms with Gasteiger partial charge in [0.05, 0.1) is 24.7 Å². The Morgan fingerprint density at radius 3 is 2.74 bits per heavy atom. The molecule has 2 heterocycles. The van der Waals surface area contributed by atoms with E-state index < -0.39 is 0 Å². The molecule has 1 aliphatic carbocycles. The van der Waals surface area contributed by atoms with Gasteiger partial charge in [-0.2, -0.15) is 0 Å². The number of hydrogen-bond donors (Lipinski definition) is 1. The topological polar surface area (TPSA) is 73.3 Å². The summed E-state index contributed by atoms with van der Waals surface area (Å²) >= 11 is 3.26. The Balaban J connectivity index is 1.50. The largest absolute Gasteiger partial charge is 0.494 e. The summed E-state index contributed by atoms with van der Waals surface area (Å²) in [5, 5.41) is 5.01. The molecule has 1 N–H and O–H groups in total. The third-order valence-electron chi connectivity index (χ3n) is 6.21. The van der Waals surface area contributed by atoms with Gasteiger partial charge in [0.2, 0.25) is 5.91 Å². The highest BCUT2D eigenvalue weighted by Crippen LogP contribution is 2.44. The zero-order chi connectivity index (χ0) is 24.3. The van der Waals surface area contributed by atoms with E-state index in [2.05, 4.69) is 36.1 Å². The number of aromatic nitrogens is 2. The van der Waals surface area contributed by atoms with Crippen molar-refractivity contribution in [2.24, 2.45) is 11.3 Å². The zero-order valence-corrected chi connectivity index (χ0v) is 22.2. The number of thiophene rings is 1. The Kier molecular flexibility index (Phi) is 7.67. The van der Waals surface area contributed by atoms with Crippen molar-refractivity contribution < 1.29 is 14.3 Å². The van der Waals surface area contributed by atoms with Crippen LogP contribution in [0.1, 0.15) is 51.5 Å². The Labute approximate surface area is 209 Å². The smallest absolute Gasteiger partial charge is 0.234 e. The van der Waals surface area contributed by atoms with Crippen molar-refractivity contribution in [3.63, 3.8) is 0 Å². The highest BCUT2D eigenvalue weighted by molar-refractivity contribution is 8.00. The molecule has 1 aromatic carbocycles. The van der Waals surface area contributed by atoms with E-state index in [1.807, 2.05) is 26.0 Å². The molecule has 2 aromatic heterocycles. The molecule has 0 aliphatic heterocycles. The molecule has 1 amide bonds. The summed E-state index contributed by atoms with van der Waals surface area (Å²) in [5.41, 5.74) is 2.30. The van der Waals surface area contributed by atoms with E-state index in [1.54, 1.807) is 23.7 Å². The van der Waals surface area contributed by atoms with Crippen LogP contribution in [0, 0.1) is 11.3 Å². The first-order valence-electron chi connectivity index (χ1n) is 11.9. The van der Waals surface area contributed by atoms with Gasteiger partial charge >= 0.3 is 0 Å². The van der Waals surface area contributed by atoms with Crippen LogP contribution < -0.4 is 14.8 Å². The van der Waals surface area contributed by atoms with Gasteiger partial charge in [-0.15, -0.1) is 11.3 Å². The molecule has 0 bridgehead atoms. The van der Waals surface area contributed by atoms with Gasteiger partial charge in [0.15, 0.2) is 0 Å². The van der Waals surface area contributed by atoms with Crippen LogP contribution in [0.3, 0.4) is 0 Å². The van der Waals surface area contributed by atoms with Crippen molar-refractivity contribution in [3.8, 4) is 11.5 Å². The number of ether oxygens (including phenoxy) is 2. The molecule has 1 aliphatic rings. The summed E-state index contributed by atoms with van der Waals surface area (Å²) in [7, 11) is 0. The van der Waals surface area contributed by atoms with E-state index in [0.29, 0.717) is 41.7 Å². The van der Waals surface area contributed by atoms with Gasteiger partial charge in [-0.3, -0.25) is 4.79 Å². The lowest BCUT2D eigenvalue weighted by molar-refractivity contribution is -0.113. The van der Waals surface area contributed by atoms with Crippen LogP contribution in [0.4, 0.5) is 5.69 Å². The molecule has 0 saturated carbocycles. The van der Waals surface area contributed by atoms with E-state index in [9.17, 15) is 4.79 Å². The lowest BCUT2D eigenvalue weighted by Crippen LogP contribution is -2.26. The fourth-order valence-corrected chi connectivity index (χ4v) is 6.55. The number of rotatable bonds is 8. The van der Waals surface area contributed by atoms with Crippen LogP contribution >= 0.6 is 23.1 Å². The Morgan fingerprint density at radius 2 is 2.00 bits per heavy atom. The number of carbonyl (C=O) groups excluding carboxylic acids is 1. The molecule has 1 atom stereocenters. The van der Waals surface area contributed by atoms with Crippen molar-refractivity contribution in [2.45, 2.75) is 58.9 Å². The SMILES string of the molecule is CCOc1ccc(OCC)c(NC(=O)CSc2ncnc3sc4c(c23)CCC(C(C)(C)C)C4)c1. The van der Waals surface area contributed by atoms with E-state index in [4.69, 9.17) is 9.47 Å².